The molecule has 3 rings (SSSR count). The van der Waals surface area contributed by atoms with Gasteiger partial charge in [0.05, 0.1) is 9.95 Å². The Labute approximate surface area is 135 Å². The van der Waals surface area contributed by atoms with Gasteiger partial charge in [-0.05, 0) is 37.7 Å². The second-order valence-electron chi connectivity index (χ2n) is 6.26. The minimum Gasteiger partial charge on any atom is -0.351 e. The number of anilines is 1. The Hall–Kier alpha value is -1.30. The highest BCUT2D eigenvalue weighted by Gasteiger charge is 2.24. The van der Waals surface area contributed by atoms with Crippen LogP contribution in [-0.4, -0.2) is 28.7 Å². The van der Waals surface area contributed by atoms with E-state index in [1.54, 1.807) is 17.8 Å². The molecule has 0 bridgehead atoms. The van der Waals surface area contributed by atoms with Crippen LogP contribution in [0.4, 0.5) is 11.5 Å². The highest BCUT2D eigenvalue weighted by atomic mass is 32.2. The molecule has 0 aromatic carbocycles. The van der Waals surface area contributed by atoms with Gasteiger partial charge in [-0.1, -0.05) is 19.3 Å². The van der Waals surface area contributed by atoms with Crippen LogP contribution in [0.2, 0.25) is 0 Å². The molecule has 0 amide bonds. The molecule has 0 N–H and O–H groups in total. The maximum Gasteiger partial charge on any atom is 0.311 e. The number of rotatable bonds is 5. The quantitative estimate of drug-likeness (QED) is 0.460. The SMILES string of the molecule is O=[N+]([O-])c1ccc(SCC2CCCCC2)nc1N1CCCC1. The Balaban J connectivity index is 1.71. The van der Waals surface area contributed by atoms with Crippen molar-refractivity contribution in [1.29, 1.82) is 0 Å². The van der Waals surface area contributed by atoms with E-state index in [0.29, 0.717) is 5.82 Å². The van der Waals surface area contributed by atoms with Crippen molar-refractivity contribution in [1.82, 2.24) is 4.98 Å². The van der Waals surface area contributed by atoms with Crippen molar-refractivity contribution in [3.63, 3.8) is 0 Å². The highest BCUT2D eigenvalue weighted by Crippen LogP contribution is 2.34. The Morgan fingerprint density at radius 2 is 1.91 bits per heavy atom. The topological polar surface area (TPSA) is 59.3 Å². The lowest BCUT2D eigenvalue weighted by Crippen LogP contribution is -2.20. The fourth-order valence-electron chi connectivity index (χ4n) is 3.37. The molecule has 0 unspecified atom stereocenters. The van der Waals surface area contributed by atoms with Gasteiger partial charge in [-0.25, -0.2) is 4.98 Å². The van der Waals surface area contributed by atoms with Crippen LogP contribution < -0.4 is 4.90 Å². The number of nitrogens with zero attached hydrogens (tertiary/aromatic N) is 3. The average Bonchev–Trinajstić information content (AvgIpc) is 3.08. The Morgan fingerprint density at radius 1 is 1.18 bits per heavy atom. The minimum absolute atomic E-state index is 0.143. The minimum atomic E-state index is -0.309. The number of thioether (sulfide) groups is 1. The molecule has 5 nitrogen and oxygen atoms in total. The van der Waals surface area contributed by atoms with Gasteiger partial charge in [0.2, 0.25) is 5.82 Å². The molecule has 0 atom stereocenters. The second-order valence-corrected chi connectivity index (χ2v) is 7.30. The summed E-state index contributed by atoms with van der Waals surface area (Å²) in [7, 11) is 0. The van der Waals surface area contributed by atoms with Crippen molar-refractivity contribution in [2.24, 2.45) is 5.92 Å². The molecule has 1 aliphatic heterocycles. The molecule has 2 fully saturated rings. The lowest BCUT2D eigenvalue weighted by atomic mass is 9.91. The van der Waals surface area contributed by atoms with Gasteiger partial charge in [0, 0.05) is 24.9 Å². The van der Waals surface area contributed by atoms with Crippen LogP contribution in [0.1, 0.15) is 44.9 Å². The van der Waals surface area contributed by atoms with Gasteiger partial charge in [-0.15, -0.1) is 11.8 Å². The first-order valence-corrected chi connectivity index (χ1v) is 9.26. The van der Waals surface area contributed by atoms with E-state index in [2.05, 4.69) is 9.88 Å². The number of hydrogen-bond donors (Lipinski definition) is 0. The van der Waals surface area contributed by atoms with E-state index >= 15 is 0 Å². The molecule has 2 heterocycles. The van der Waals surface area contributed by atoms with Crippen molar-refractivity contribution in [3.8, 4) is 0 Å². The van der Waals surface area contributed by atoms with Crippen LogP contribution in [0.25, 0.3) is 0 Å². The van der Waals surface area contributed by atoms with Gasteiger partial charge >= 0.3 is 5.69 Å². The Kier molecular flexibility index (Phi) is 5.18. The summed E-state index contributed by atoms with van der Waals surface area (Å²) in [6.07, 6.45) is 8.89. The summed E-state index contributed by atoms with van der Waals surface area (Å²) in [5.41, 5.74) is 0.143. The molecule has 1 saturated carbocycles. The third kappa shape index (κ3) is 3.72. The van der Waals surface area contributed by atoms with Gasteiger partial charge in [0.15, 0.2) is 0 Å². The second kappa shape index (κ2) is 7.31. The average molecular weight is 321 g/mol. The smallest absolute Gasteiger partial charge is 0.311 e. The zero-order valence-electron chi connectivity index (χ0n) is 12.9. The fraction of sp³-hybridized carbons (Fsp3) is 0.688. The lowest BCUT2D eigenvalue weighted by Gasteiger charge is -2.21. The summed E-state index contributed by atoms with van der Waals surface area (Å²) in [5, 5.41) is 12.2. The van der Waals surface area contributed by atoms with E-state index in [1.807, 2.05) is 6.07 Å². The largest absolute Gasteiger partial charge is 0.351 e. The van der Waals surface area contributed by atoms with Crippen LogP contribution in [0.3, 0.4) is 0 Å². The molecule has 2 aliphatic rings. The van der Waals surface area contributed by atoms with Crippen LogP contribution in [0, 0.1) is 16.0 Å². The fourth-order valence-corrected chi connectivity index (χ4v) is 4.42. The third-order valence-electron chi connectivity index (χ3n) is 4.62. The molecular weight excluding hydrogens is 298 g/mol. The Bertz CT molecular complexity index is 526. The molecule has 1 aromatic heterocycles. The first-order chi connectivity index (χ1) is 10.7. The summed E-state index contributed by atoms with van der Waals surface area (Å²) in [6.45, 7) is 1.76. The van der Waals surface area contributed by atoms with E-state index in [9.17, 15) is 10.1 Å². The highest BCUT2D eigenvalue weighted by molar-refractivity contribution is 7.99. The van der Waals surface area contributed by atoms with E-state index in [-0.39, 0.29) is 10.6 Å². The summed E-state index contributed by atoms with van der Waals surface area (Å²) in [5.74, 6) is 2.44. The standard InChI is InChI=1S/C16H23N3O2S/c20-19(21)14-8-9-15(17-16(14)18-10-4-5-11-18)22-12-13-6-2-1-3-7-13/h8-9,13H,1-7,10-12H2. The third-order valence-corrected chi connectivity index (χ3v) is 5.78. The predicted octanol–water partition coefficient (Wildman–Crippen LogP) is 4.26. The molecular formula is C16H23N3O2S. The van der Waals surface area contributed by atoms with Crippen molar-refractivity contribution >= 4 is 23.3 Å². The number of nitro groups is 1. The molecule has 22 heavy (non-hydrogen) atoms. The first-order valence-electron chi connectivity index (χ1n) is 8.27. The van der Waals surface area contributed by atoms with Crippen molar-refractivity contribution in [2.75, 3.05) is 23.7 Å². The van der Waals surface area contributed by atoms with Gasteiger partial charge in [0.25, 0.3) is 0 Å². The predicted molar refractivity (Wildman–Crippen MR) is 89.6 cm³/mol. The van der Waals surface area contributed by atoms with E-state index in [1.165, 1.54) is 32.1 Å². The first kappa shape index (κ1) is 15.6. The molecule has 1 aromatic rings. The molecule has 1 saturated heterocycles. The van der Waals surface area contributed by atoms with Gasteiger partial charge < -0.3 is 4.90 Å². The van der Waals surface area contributed by atoms with Crippen LogP contribution in [0.15, 0.2) is 17.2 Å². The van der Waals surface area contributed by atoms with E-state index < -0.39 is 0 Å². The van der Waals surface area contributed by atoms with Crippen LogP contribution in [0.5, 0.6) is 0 Å². The van der Waals surface area contributed by atoms with E-state index in [4.69, 9.17) is 0 Å². The van der Waals surface area contributed by atoms with Crippen molar-refractivity contribution in [3.05, 3.63) is 22.2 Å². The van der Waals surface area contributed by atoms with Gasteiger partial charge in [-0.2, -0.15) is 0 Å². The normalized spacial score (nSPS) is 19.5. The molecule has 120 valence electrons. The molecule has 1 aliphatic carbocycles. The molecule has 0 radical (unpaired) electrons. The van der Waals surface area contributed by atoms with E-state index in [0.717, 1.165) is 42.6 Å². The number of pyridine rings is 1. The summed E-state index contributed by atoms with van der Waals surface area (Å²) >= 11 is 1.76. The maximum absolute atomic E-state index is 11.2. The summed E-state index contributed by atoms with van der Waals surface area (Å²) < 4.78 is 0. The van der Waals surface area contributed by atoms with Gasteiger partial charge in [0.1, 0.15) is 0 Å². The zero-order valence-corrected chi connectivity index (χ0v) is 13.7. The molecule has 6 heteroatoms. The van der Waals surface area contributed by atoms with Gasteiger partial charge in [-0.3, -0.25) is 10.1 Å². The zero-order chi connectivity index (χ0) is 15.4. The molecule has 0 spiro atoms. The van der Waals surface area contributed by atoms with Crippen molar-refractivity contribution < 1.29 is 4.92 Å². The number of aromatic nitrogens is 1. The monoisotopic (exact) mass is 321 g/mol. The summed E-state index contributed by atoms with van der Waals surface area (Å²) in [6, 6.07) is 3.44. The maximum atomic E-state index is 11.2. The Morgan fingerprint density at radius 3 is 2.59 bits per heavy atom. The van der Waals surface area contributed by atoms with Crippen LogP contribution in [-0.2, 0) is 0 Å². The number of hydrogen-bond acceptors (Lipinski definition) is 5. The van der Waals surface area contributed by atoms with Crippen molar-refractivity contribution in [2.45, 2.75) is 50.0 Å². The van der Waals surface area contributed by atoms with Crippen LogP contribution >= 0.6 is 11.8 Å². The summed E-state index contributed by atoms with van der Waals surface area (Å²) in [4.78, 5) is 17.6. The lowest BCUT2D eigenvalue weighted by molar-refractivity contribution is -0.384.